The van der Waals surface area contributed by atoms with E-state index in [0.717, 1.165) is 43.2 Å². The second-order valence-electron chi connectivity index (χ2n) is 17.7. The van der Waals surface area contributed by atoms with Crippen LogP contribution in [-0.4, -0.2) is 22.2 Å². The van der Waals surface area contributed by atoms with E-state index >= 15 is 0 Å². The van der Waals surface area contributed by atoms with Gasteiger partial charge in [0, 0.05) is 32.4 Å². The molecule has 0 aliphatic heterocycles. The van der Waals surface area contributed by atoms with Crippen LogP contribution in [0.2, 0.25) is 0 Å². The van der Waals surface area contributed by atoms with E-state index in [-0.39, 0.29) is 68.4 Å². The molecule has 6 nitrogen and oxygen atoms in total. The van der Waals surface area contributed by atoms with Crippen LogP contribution in [0.3, 0.4) is 0 Å². The first kappa shape index (κ1) is 53.8. The van der Waals surface area contributed by atoms with E-state index in [4.69, 9.17) is 9.47 Å². The molecular weight excluding hydrogens is 905 g/mol. The first-order valence-corrected chi connectivity index (χ1v) is 23.7. The molecule has 7 rings (SSSR count). The van der Waals surface area contributed by atoms with E-state index in [0.29, 0.717) is 22.6 Å². The zero-order valence-corrected chi connectivity index (χ0v) is 42.4. The summed E-state index contributed by atoms with van der Waals surface area (Å²) < 4.78 is 11.2. The Kier molecular flexibility index (Phi) is 20.9. The predicted octanol–water partition coefficient (Wildman–Crippen LogP) is 14.7. The summed E-state index contributed by atoms with van der Waals surface area (Å²) in [5.74, 6) is -0.493. The zero-order chi connectivity index (χ0) is 47.7. The molecule has 67 heavy (non-hydrogen) atoms. The summed E-state index contributed by atoms with van der Waals surface area (Å²) in [6.45, 7) is 20.1. The van der Waals surface area contributed by atoms with E-state index < -0.39 is 11.9 Å². The molecule has 0 bridgehead atoms. The van der Waals surface area contributed by atoms with Gasteiger partial charge in [0.15, 0.2) is 0 Å². The Morgan fingerprint density at radius 1 is 0.478 bits per heavy atom. The number of benzene rings is 7. The molecule has 0 radical (unpaired) electrons. The maximum atomic E-state index is 13.3. The fourth-order valence-corrected chi connectivity index (χ4v) is 8.53. The summed E-state index contributed by atoms with van der Waals surface area (Å²) in [5, 5.41) is 22.7. The van der Waals surface area contributed by atoms with Crippen molar-refractivity contribution < 1.29 is 51.0 Å². The summed E-state index contributed by atoms with van der Waals surface area (Å²) in [5.41, 5.74) is 6.74. The minimum Gasteiger partial charge on any atom is -0.507 e. The number of aromatic hydroxyl groups is 2. The van der Waals surface area contributed by atoms with Crippen LogP contribution in [0.5, 0.6) is 11.5 Å². The molecule has 7 aromatic carbocycles. The monoisotopic (exact) mass is 964 g/mol. The van der Waals surface area contributed by atoms with Crippen molar-refractivity contribution in [1.82, 2.24) is 0 Å². The smallest absolute Gasteiger partial charge is 0.507 e. The zero-order valence-electron chi connectivity index (χ0n) is 39.3. The number of thioether (sulfide) groups is 2. The van der Waals surface area contributed by atoms with Gasteiger partial charge in [-0.3, -0.25) is 0 Å². The largest absolute Gasteiger partial charge is 2.00 e. The van der Waals surface area contributed by atoms with Crippen LogP contribution >= 0.6 is 23.5 Å². The average molecular weight is 965 g/mol. The fourth-order valence-electron chi connectivity index (χ4n) is 6.34. The number of carbonyl (C=O) groups excluding carboxylic acids is 2. The van der Waals surface area contributed by atoms with Gasteiger partial charge in [-0.05, 0) is 57.3 Å². The molecule has 0 fully saturated rings. The molecule has 0 unspecified atom stereocenters. The van der Waals surface area contributed by atoms with Gasteiger partial charge in [-0.1, -0.05) is 139 Å². The second kappa shape index (κ2) is 26.0. The summed E-state index contributed by atoms with van der Waals surface area (Å²) in [4.78, 5) is 28.5. The maximum Gasteiger partial charge on any atom is 2.00 e. The number of phenols is 2. The van der Waals surface area contributed by atoms with Crippen LogP contribution in [0.25, 0.3) is 0 Å². The molecule has 0 spiro atoms. The number of esters is 2. The molecule has 344 valence electrons. The van der Waals surface area contributed by atoms with Crippen molar-refractivity contribution in [1.29, 1.82) is 0 Å². The van der Waals surface area contributed by atoms with Crippen molar-refractivity contribution in [2.45, 2.75) is 86.9 Å². The normalized spacial score (nSPS) is 10.8. The van der Waals surface area contributed by atoms with E-state index in [9.17, 15) is 19.8 Å². The van der Waals surface area contributed by atoms with Crippen LogP contribution in [0.15, 0.2) is 180 Å². The topological polar surface area (TPSA) is 93.1 Å². The van der Waals surface area contributed by atoms with Crippen LogP contribution in [0, 0.1) is 13.8 Å². The molecule has 0 heterocycles. The summed E-state index contributed by atoms with van der Waals surface area (Å²) in [6.07, 6.45) is 0. The number of carbonyl (C=O) groups is 2. The van der Waals surface area contributed by atoms with Crippen molar-refractivity contribution >= 4 is 35.5 Å². The Hall–Kier alpha value is -5.77. The Bertz CT molecular complexity index is 2440. The van der Waals surface area contributed by atoms with E-state index in [2.05, 4.69) is 55.4 Å². The van der Waals surface area contributed by atoms with Crippen LogP contribution < -0.4 is 0 Å². The number of ether oxygens (including phenoxy) is 2. The van der Waals surface area contributed by atoms with E-state index in [1.54, 1.807) is 35.7 Å². The maximum absolute atomic E-state index is 13.3. The minimum absolute atomic E-state index is 0. The van der Waals surface area contributed by atoms with E-state index in [1.807, 2.05) is 158 Å². The van der Waals surface area contributed by atoms with Crippen LogP contribution in [0.4, 0.5) is 0 Å². The molecular formula is C58H60O6S2Ti. The first-order chi connectivity index (χ1) is 31.5. The number of hydrogen-bond acceptors (Lipinski definition) is 8. The molecule has 0 aliphatic rings. The average Bonchev–Trinajstić information content (AvgIpc) is 3.30. The quantitative estimate of drug-likeness (QED) is 0.0541. The van der Waals surface area contributed by atoms with Crippen molar-refractivity contribution in [3.05, 3.63) is 239 Å². The van der Waals surface area contributed by atoms with Crippen molar-refractivity contribution in [3.63, 3.8) is 0 Å². The minimum atomic E-state index is -0.574. The summed E-state index contributed by atoms with van der Waals surface area (Å²) >= 11 is 3.11. The molecule has 0 amide bonds. The molecule has 2 N–H and O–H groups in total. The Balaban J connectivity index is 0.000000555. The van der Waals surface area contributed by atoms with E-state index in [1.165, 1.54) is 0 Å². The molecule has 0 saturated heterocycles. The van der Waals surface area contributed by atoms with Crippen molar-refractivity contribution in [2.24, 2.45) is 0 Å². The van der Waals surface area contributed by atoms with Gasteiger partial charge in [0.2, 0.25) is 0 Å². The molecule has 0 atom stereocenters. The first-order valence-electron chi connectivity index (χ1n) is 21.7. The van der Waals surface area contributed by atoms with Gasteiger partial charge < -0.3 is 19.7 Å². The summed E-state index contributed by atoms with van der Waals surface area (Å²) in [6, 6.07) is 54.0. The third-order valence-corrected chi connectivity index (χ3v) is 12.7. The number of phenolic OH excluding ortho intramolecular Hbond substituents is 2. The summed E-state index contributed by atoms with van der Waals surface area (Å²) in [7, 11) is 0. The van der Waals surface area contributed by atoms with Gasteiger partial charge >= 0.3 is 33.7 Å². The predicted molar refractivity (Wildman–Crippen MR) is 272 cm³/mol. The Labute approximate surface area is 421 Å². The molecule has 0 saturated carbocycles. The molecule has 7 aromatic rings. The molecule has 0 aliphatic carbocycles. The number of hydrogen-bond donors (Lipinski definition) is 2. The Morgan fingerprint density at radius 2 is 0.776 bits per heavy atom. The van der Waals surface area contributed by atoms with Gasteiger partial charge in [-0.25, -0.2) is 9.59 Å². The van der Waals surface area contributed by atoms with Gasteiger partial charge in [-0.15, -0.1) is 47.8 Å². The van der Waals surface area contributed by atoms with Gasteiger partial charge in [0.1, 0.15) is 35.8 Å². The van der Waals surface area contributed by atoms with Gasteiger partial charge in [0.25, 0.3) is 0 Å². The van der Waals surface area contributed by atoms with Gasteiger partial charge in [-0.2, -0.15) is 49.2 Å². The fraction of sp³-hybridized carbons (Fsp3) is 0.207. The Morgan fingerprint density at radius 3 is 1.06 bits per heavy atom. The van der Waals surface area contributed by atoms with Crippen LogP contribution in [-0.2, 0) is 66.7 Å². The second-order valence-corrected chi connectivity index (χ2v) is 19.7. The van der Waals surface area contributed by atoms with Crippen molar-refractivity contribution in [2.75, 3.05) is 0 Å². The van der Waals surface area contributed by atoms with Crippen LogP contribution in [0.1, 0.15) is 107 Å². The van der Waals surface area contributed by atoms with Crippen molar-refractivity contribution in [3.8, 4) is 11.5 Å². The standard InChI is InChI=1S/C44H46O6S2.2C7H7.Ti/c1-43(2,3)33-21-31(39(45)35(23-33)41(47)49-25-29-15-9-7-10-16-29)27-51-37-19-13-14-20-38(37)52-28-32-22-34(44(4,5)6)24-36(40(32)46)42(48)50-26-30-17-11-8-12-18-30;2*1-7-5-3-2-4-6-7;/h7-24,45-46H,25-28H2,1-6H3;2*2-6H,1H2;/q;2*-1;+2. The molecule has 9 heteroatoms. The third-order valence-electron chi connectivity index (χ3n) is 10.3. The molecule has 0 aromatic heterocycles. The third kappa shape index (κ3) is 17.1. The number of rotatable bonds is 12. The SMILES string of the molecule is CC(C)(C)c1cc(CSc2ccccc2SCc2cc(C(C)(C)C)cc(C(=O)OCc3ccccc3)c2O)c(O)c(C(=O)OCc2ccccc2)c1.[CH2-]c1ccccc1.[CH2-]c1ccccc1.[Ti+2]. The van der Waals surface area contributed by atoms with Gasteiger partial charge in [0.05, 0.1) is 0 Å².